The first-order chi connectivity index (χ1) is 5.90. The fourth-order valence-corrected chi connectivity index (χ4v) is 1.16. The van der Waals surface area contributed by atoms with Crippen molar-refractivity contribution >= 4 is 5.78 Å². The highest BCUT2D eigenvalue weighted by Crippen LogP contribution is 2.22. The van der Waals surface area contributed by atoms with Crippen LogP contribution in [0.4, 0.5) is 0 Å². The SMILES string of the molecule is CC(=O)c1cnoc1CC(C)(C)C. The van der Waals surface area contributed by atoms with Gasteiger partial charge >= 0.3 is 0 Å². The van der Waals surface area contributed by atoms with E-state index in [1.165, 1.54) is 13.1 Å². The predicted octanol–water partition coefficient (Wildman–Crippen LogP) is 2.47. The van der Waals surface area contributed by atoms with Crippen LogP contribution in [0.25, 0.3) is 0 Å². The van der Waals surface area contributed by atoms with Gasteiger partial charge in [-0.3, -0.25) is 4.79 Å². The van der Waals surface area contributed by atoms with E-state index in [1.807, 2.05) is 0 Å². The summed E-state index contributed by atoms with van der Waals surface area (Å²) in [5, 5.41) is 3.63. The summed E-state index contributed by atoms with van der Waals surface area (Å²) in [6.45, 7) is 7.82. The molecule has 0 unspecified atom stereocenters. The Morgan fingerprint density at radius 1 is 1.54 bits per heavy atom. The molecule has 0 bridgehead atoms. The number of Topliss-reactive ketones (excluding diaryl/α,β-unsaturated/α-hetero) is 1. The Labute approximate surface area is 78.1 Å². The molecule has 3 heteroatoms. The van der Waals surface area contributed by atoms with Gasteiger partial charge in [0.25, 0.3) is 0 Å². The van der Waals surface area contributed by atoms with Crippen LogP contribution in [0.1, 0.15) is 43.8 Å². The number of hydrogen-bond donors (Lipinski definition) is 0. The third-order valence-corrected chi connectivity index (χ3v) is 1.72. The van der Waals surface area contributed by atoms with Crippen LogP contribution in [0.15, 0.2) is 10.7 Å². The molecule has 3 nitrogen and oxygen atoms in total. The fourth-order valence-electron chi connectivity index (χ4n) is 1.16. The smallest absolute Gasteiger partial charge is 0.164 e. The molecule has 0 radical (unpaired) electrons. The summed E-state index contributed by atoms with van der Waals surface area (Å²) in [5.41, 5.74) is 0.721. The molecular formula is C10H15NO2. The minimum absolute atomic E-state index is 0.0144. The van der Waals surface area contributed by atoms with E-state index in [4.69, 9.17) is 4.52 Å². The first kappa shape index (κ1) is 9.96. The van der Waals surface area contributed by atoms with E-state index < -0.39 is 0 Å². The highest BCUT2D eigenvalue weighted by atomic mass is 16.5. The molecule has 1 heterocycles. The molecule has 0 spiro atoms. The summed E-state index contributed by atoms with van der Waals surface area (Å²) in [6.07, 6.45) is 2.23. The van der Waals surface area contributed by atoms with Gasteiger partial charge < -0.3 is 4.52 Å². The maximum Gasteiger partial charge on any atom is 0.164 e. The zero-order chi connectivity index (χ0) is 10.1. The molecule has 1 rings (SSSR count). The molecule has 0 atom stereocenters. The average molecular weight is 181 g/mol. The quantitative estimate of drug-likeness (QED) is 0.658. The predicted molar refractivity (Wildman–Crippen MR) is 49.7 cm³/mol. The van der Waals surface area contributed by atoms with Crippen molar-refractivity contribution in [3.05, 3.63) is 17.5 Å². The first-order valence-corrected chi connectivity index (χ1v) is 4.34. The maximum atomic E-state index is 11.1. The van der Waals surface area contributed by atoms with Crippen LogP contribution >= 0.6 is 0 Å². The summed E-state index contributed by atoms with van der Waals surface area (Å²) >= 11 is 0. The summed E-state index contributed by atoms with van der Waals surface area (Å²) in [5.74, 6) is 0.709. The standard InChI is InChI=1S/C10H15NO2/c1-7(12)8-6-11-13-9(8)5-10(2,3)4/h6H,5H2,1-4H3. The van der Waals surface area contributed by atoms with Crippen LogP contribution in [0.2, 0.25) is 0 Å². The number of hydrogen-bond acceptors (Lipinski definition) is 3. The Morgan fingerprint density at radius 2 is 2.15 bits per heavy atom. The van der Waals surface area contributed by atoms with Gasteiger partial charge in [0.15, 0.2) is 5.78 Å². The third kappa shape index (κ3) is 2.68. The Hall–Kier alpha value is -1.12. The molecule has 72 valence electrons. The summed E-state index contributed by atoms with van der Waals surface area (Å²) < 4.78 is 5.03. The summed E-state index contributed by atoms with van der Waals surface area (Å²) in [6, 6.07) is 0. The lowest BCUT2D eigenvalue weighted by atomic mass is 9.89. The van der Waals surface area contributed by atoms with Crippen LogP contribution in [0.3, 0.4) is 0 Å². The van der Waals surface area contributed by atoms with Gasteiger partial charge in [-0.15, -0.1) is 0 Å². The zero-order valence-electron chi connectivity index (χ0n) is 8.55. The van der Waals surface area contributed by atoms with Gasteiger partial charge in [-0.25, -0.2) is 0 Å². The highest BCUT2D eigenvalue weighted by Gasteiger charge is 2.19. The van der Waals surface area contributed by atoms with E-state index in [-0.39, 0.29) is 11.2 Å². The topological polar surface area (TPSA) is 43.1 Å². The van der Waals surface area contributed by atoms with Crippen molar-refractivity contribution in [3.8, 4) is 0 Å². The lowest BCUT2D eigenvalue weighted by Crippen LogP contribution is -2.10. The van der Waals surface area contributed by atoms with Crippen molar-refractivity contribution in [2.45, 2.75) is 34.1 Å². The Balaban J connectivity index is 2.89. The van der Waals surface area contributed by atoms with Crippen LogP contribution in [-0.2, 0) is 6.42 Å². The monoisotopic (exact) mass is 181 g/mol. The van der Waals surface area contributed by atoms with Crippen LogP contribution < -0.4 is 0 Å². The molecule has 0 aliphatic rings. The van der Waals surface area contributed by atoms with Gasteiger partial charge in [-0.1, -0.05) is 25.9 Å². The van der Waals surface area contributed by atoms with E-state index in [0.717, 1.165) is 6.42 Å². The Morgan fingerprint density at radius 3 is 2.62 bits per heavy atom. The van der Waals surface area contributed by atoms with Gasteiger partial charge in [0.05, 0.1) is 11.8 Å². The molecule has 0 saturated carbocycles. The number of carbonyl (C=O) groups is 1. The molecule has 0 saturated heterocycles. The fraction of sp³-hybridized carbons (Fsp3) is 0.600. The van der Waals surface area contributed by atoms with Crippen molar-refractivity contribution in [2.24, 2.45) is 5.41 Å². The van der Waals surface area contributed by atoms with Crippen LogP contribution in [0.5, 0.6) is 0 Å². The molecule has 1 aromatic rings. The van der Waals surface area contributed by atoms with Gasteiger partial charge in [0.2, 0.25) is 0 Å². The third-order valence-electron chi connectivity index (χ3n) is 1.72. The molecule has 0 amide bonds. The molecule has 0 aliphatic carbocycles. The molecule has 0 fully saturated rings. The van der Waals surface area contributed by atoms with Gasteiger partial charge in [-0.2, -0.15) is 0 Å². The molecule has 0 aromatic carbocycles. The van der Waals surface area contributed by atoms with Crippen molar-refractivity contribution in [1.82, 2.24) is 5.16 Å². The van der Waals surface area contributed by atoms with E-state index in [1.54, 1.807) is 0 Å². The molecule has 13 heavy (non-hydrogen) atoms. The maximum absolute atomic E-state index is 11.1. The minimum atomic E-state index is 0.0144. The van der Waals surface area contributed by atoms with Gasteiger partial charge in [-0.05, 0) is 12.3 Å². The van der Waals surface area contributed by atoms with E-state index >= 15 is 0 Å². The van der Waals surface area contributed by atoms with Crippen LogP contribution in [-0.4, -0.2) is 10.9 Å². The number of ketones is 1. The number of carbonyl (C=O) groups excluding carboxylic acids is 1. The van der Waals surface area contributed by atoms with Crippen molar-refractivity contribution in [2.75, 3.05) is 0 Å². The molecule has 0 aliphatic heterocycles. The Bertz CT molecular complexity index is 307. The normalized spacial score (nSPS) is 11.7. The molecular weight excluding hydrogens is 166 g/mol. The number of aromatic nitrogens is 1. The highest BCUT2D eigenvalue weighted by molar-refractivity contribution is 5.94. The number of rotatable bonds is 2. The van der Waals surface area contributed by atoms with Crippen molar-refractivity contribution in [3.63, 3.8) is 0 Å². The second-order valence-corrected chi connectivity index (χ2v) is 4.46. The van der Waals surface area contributed by atoms with Crippen molar-refractivity contribution in [1.29, 1.82) is 0 Å². The van der Waals surface area contributed by atoms with E-state index in [9.17, 15) is 4.79 Å². The molecule has 1 aromatic heterocycles. The van der Waals surface area contributed by atoms with Gasteiger partial charge in [0.1, 0.15) is 5.76 Å². The van der Waals surface area contributed by atoms with Gasteiger partial charge in [0, 0.05) is 6.42 Å². The van der Waals surface area contributed by atoms with E-state index in [2.05, 4.69) is 25.9 Å². The average Bonchev–Trinajstić information content (AvgIpc) is 2.31. The largest absolute Gasteiger partial charge is 0.361 e. The zero-order valence-corrected chi connectivity index (χ0v) is 8.55. The van der Waals surface area contributed by atoms with Crippen LogP contribution in [0, 0.1) is 5.41 Å². The second-order valence-electron chi connectivity index (χ2n) is 4.46. The molecule has 0 N–H and O–H groups in total. The lowest BCUT2D eigenvalue weighted by Gasteiger charge is -2.15. The second kappa shape index (κ2) is 3.32. The lowest BCUT2D eigenvalue weighted by molar-refractivity contribution is 0.101. The summed E-state index contributed by atoms with van der Waals surface area (Å²) in [7, 11) is 0. The minimum Gasteiger partial charge on any atom is -0.361 e. The van der Waals surface area contributed by atoms with E-state index in [0.29, 0.717) is 11.3 Å². The Kier molecular flexibility index (Phi) is 2.55. The number of nitrogens with zero attached hydrogens (tertiary/aromatic N) is 1. The first-order valence-electron chi connectivity index (χ1n) is 4.34. The summed E-state index contributed by atoms with van der Waals surface area (Å²) in [4.78, 5) is 11.1. The van der Waals surface area contributed by atoms with Crippen molar-refractivity contribution < 1.29 is 9.32 Å².